The molecule has 10 nitrogen and oxygen atoms in total. The van der Waals surface area contributed by atoms with Crippen LogP contribution in [0, 0.1) is 17.5 Å². The zero-order chi connectivity index (χ0) is 27.6. The van der Waals surface area contributed by atoms with E-state index in [1.54, 1.807) is 4.90 Å². The van der Waals surface area contributed by atoms with Gasteiger partial charge in [0.05, 0.1) is 12.5 Å². The molecule has 1 aromatic heterocycles. The van der Waals surface area contributed by atoms with E-state index in [0.29, 0.717) is 31.4 Å². The highest BCUT2D eigenvalue weighted by Gasteiger charge is 2.55. The Morgan fingerprint density at radius 3 is 2.62 bits per heavy atom. The molecule has 2 fully saturated rings. The highest BCUT2D eigenvalue weighted by molar-refractivity contribution is 5.99. The number of hydrogen-bond donors (Lipinski definition) is 2. The average Bonchev–Trinajstić information content (AvgIpc) is 3.21. The van der Waals surface area contributed by atoms with E-state index in [-0.39, 0.29) is 18.3 Å². The quantitative estimate of drug-likeness (QED) is 0.612. The Kier molecular flexibility index (Phi) is 5.84. The van der Waals surface area contributed by atoms with Gasteiger partial charge in [-0.15, -0.1) is 0 Å². The maximum absolute atomic E-state index is 14.1. The fourth-order valence-electron chi connectivity index (χ4n) is 5.84. The van der Waals surface area contributed by atoms with Gasteiger partial charge in [-0.05, 0) is 26.2 Å². The van der Waals surface area contributed by atoms with Gasteiger partial charge in [0.15, 0.2) is 17.0 Å². The summed E-state index contributed by atoms with van der Waals surface area (Å²) < 4.78 is 42.8. The predicted octanol–water partition coefficient (Wildman–Crippen LogP) is 2.26. The third kappa shape index (κ3) is 3.93. The molecule has 0 unspecified atom stereocenters. The van der Waals surface area contributed by atoms with Crippen LogP contribution in [0.5, 0.6) is 5.75 Å². The number of halogens is 3. The number of amidine groups is 1. The summed E-state index contributed by atoms with van der Waals surface area (Å²) in [6.45, 7) is 3.17. The summed E-state index contributed by atoms with van der Waals surface area (Å²) in [5.41, 5.74) is -3.34. The van der Waals surface area contributed by atoms with Gasteiger partial charge < -0.3 is 29.6 Å². The largest absolute Gasteiger partial charge is 0.503 e. The third-order valence-corrected chi connectivity index (χ3v) is 8.29. The Morgan fingerprint density at radius 1 is 1.23 bits per heavy atom. The van der Waals surface area contributed by atoms with Crippen LogP contribution in [0.2, 0.25) is 0 Å². The molecule has 39 heavy (non-hydrogen) atoms. The summed E-state index contributed by atoms with van der Waals surface area (Å²) in [6.07, 6.45) is 3.85. The van der Waals surface area contributed by atoms with Gasteiger partial charge in [-0.25, -0.2) is 13.2 Å². The Balaban J connectivity index is 1.37. The van der Waals surface area contributed by atoms with Crippen LogP contribution in [0.4, 0.5) is 13.2 Å². The number of carbonyl (C=O) groups is 2. The number of benzene rings is 1. The Morgan fingerprint density at radius 2 is 1.95 bits per heavy atom. The molecule has 6 rings (SSSR count). The van der Waals surface area contributed by atoms with E-state index in [1.165, 1.54) is 10.8 Å². The minimum atomic E-state index is -1.20. The first kappa shape index (κ1) is 25.3. The van der Waals surface area contributed by atoms with Crippen molar-refractivity contribution in [3.63, 3.8) is 0 Å². The monoisotopic (exact) mass is 545 g/mol. The first-order chi connectivity index (χ1) is 18.6. The normalized spacial score (nSPS) is 25.5. The summed E-state index contributed by atoms with van der Waals surface area (Å²) >= 11 is 0. The number of nitrogens with one attached hydrogen (secondary N) is 1. The van der Waals surface area contributed by atoms with Gasteiger partial charge in [0.25, 0.3) is 11.8 Å². The molecule has 1 spiro atoms. The van der Waals surface area contributed by atoms with Crippen LogP contribution in [-0.2, 0) is 11.4 Å². The van der Waals surface area contributed by atoms with Gasteiger partial charge in [0.2, 0.25) is 5.43 Å². The molecule has 2 amide bonds. The number of oxime groups is 1. The number of rotatable bonds is 3. The number of amides is 2. The lowest BCUT2D eigenvalue weighted by Gasteiger charge is -2.42. The van der Waals surface area contributed by atoms with Crippen molar-refractivity contribution >= 4 is 17.6 Å². The Hall–Kier alpha value is -4.03. The molecule has 0 aliphatic carbocycles. The molecule has 2 saturated heterocycles. The topological polar surface area (TPSA) is 116 Å². The highest BCUT2D eigenvalue weighted by Crippen LogP contribution is 2.46. The van der Waals surface area contributed by atoms with Crippen molar-refractivity contribution in [1.29, 1.82) is 0 Å². The smallest absolute Gasteiger partial charge is 0.274 e. The molecular weight excluding hydrogens is 519 g/mol. The Labute approximate surface area is 220 Å². The number of aromatic hydroxyl groups is 1. The minimum absolute atomic E-state index is 0.192. The van der Waals surface area contributed by atoms with Crippen LogP contribution in [0.15, 0.2) is 28.3 Å². The van der Waals surface area contributed by atoms with Gasteiger partial charge in [0, 0.05) is 56.1 Å². The van der Waals surface area contributed by atoms with Crippen LogP contribution in [0.3, 0.4) is 0 Å². The number of hydrogen-bond acceptors (Lipinski definition) is 7. The molecule has 2 bridgehead atoms. The zero-order valence-corrected chi connectivity index (χ0v) is 21.0. The molecule has 5 heterocycles. The van der Waals surface area contributed by atoms with Gasteiger partial charge in [-0.3, -0.25) is 14.4 Å². The average molecular weight is 546 g/mol. The van der Waals surface area contributed by atoms with Gasteiger partial charge >= 0.3 is 0 Å². The molecule has 4 aliphatic heterocycles. The number of pyridine rings is 1. The minimum Gasteiger partial charge on any atom is -0.503 e. The van der Waals surface area contributed by atoms with E-state index in [9.17, 15) is 32.7 Å². The van der Waals surface area contributed by atoms with Crippen molar-refractivity contribution in [2.45, 2.75) is 56.8 Å². The van der Waals surface area contributed by atoms with Gasteiger partial charge in [0.1, 0.15) is 28.9 Å². The van der Waals surface area contributed by atoms with E-state index in [2.05, 4.69) is 15.4 Å². The first-order valence-corrected chi connectivity index (χ1v) is 12.8. The fraction of sp³-hybridized carbons (Fsp3) is 0.462. The lowest BCUT2D eigenvalue weighted by molar-refractivity contribution is -0.0655. The van der Waals surface area contributed by atoms with Crippen LogP contribution in [0.1, 0.15) is 65.1 Å². The van der Waals surface area contributed by atoms with Crippen LogP contribution < -0.4 is 10.7 Å². The fourth-order valence-corrected chi connectivity index (χ4v) is 5.84. The van der Waals surface area contributed by atoms with Gasteiger partial charge in [-0.1, -0.05) is 5.16 Å². The molecule has 3 atom stereocenters. The number of fused-ring (bicyclic) bond motifs is 5. The van der Waals surface area contributed by atoms with Crippen molar-refractivity contribution in [3.05, 3.63) is 62.8 Å². The molecular formula is C26H26F3N5O5. The standard InChI is InChI=1S/C26H26F3N5O5/c1-13-3-4-26(9-20(31-39-26)32-5-2-6-32)19-12-33(13)25(38)21-23(36)22(35)16(11-34(19)21)24(37)30-10-15-17(28)7-14(27)8-18(15)29/h7-8,11,13,19,36H,2-6,9-10,12H2,1H3,(H,30,37)/t13-,19+,26-/m0/s1. The number of likely N-dealkylation sites (tertiary alicyclic amines) is 1. The number of carbonyl (C=O) groups excluding carboxylic acids is 2. The van der Waals surface area contributed by atoms with E-state index < -0.39 is 69.8 Å². The van der Waals surface area contributed by atoms with Crippen molar-refractivity contribution in [1.82, 2.24) is 19.7 Å². The van der Waals surface area contributed by atoms with Crippen LogP contribution >= 0.6 is 0 Å². The SMILES string of the molecule is C[C@H]1CC[C@]2(CC(N3CCC3)=NO2)[C@H]2CN1C(=O)c1c(O)c(=O)c(C(=O)NCc3c(F)cc(F)cc3F)cn12. The second-order valence-corrected chi connectivity index (χ2v) is 10.5. The summed E-state index contributed by atoms with van der Waals surface area (Å²) in [6, 6.07) is 0.184. The lowest BCUT2D eigenvalue weighted by atomic mass is 9.84. The zero-order valence-electron chi connectivity index (χ0n) is 21.0. The van der Waals surface area contributed by atoms with Crippen molar-refractivity contribution in [2.75, 3.05) is 19.6 Å². The van der Waals surface area contributed by atoms with Crippen LogP contribution in [-0.4, -0.2) is 68.4 Å². The van der Waals surface area contributed by atoms with Crippen molar-refractivity contribution in [2.24, 2.45) is 5.16 Å². The lowest BCUT2D eigenvalue weighted by Crippen LogP contribution is -2.53. The molecule has 0 radical (unpaired) electrons. The second kappa shape index (κ2) is 9.02. The highest BCUT2D eigenvalue weighted by atomic mass is 19.1. The van der Waals surface area contributed by atoms with Crippen LogP contribution in [0.25, 0.3) is 0 Å². The molecule has 2 N–H and O–H groups in total. The molecule has 13 heteroatoms. The third-order valence-electron chi connectivity index (χ3n) is 8.29. The summed E-state index contributed by atoms with van der Waals surface area (Å²) in [5, 5.41) is 17.5. The number of nitrogens with zero attached hydrogens (tertiary/aromatic N) is 4. The van der Waals surface area contributed by atoms with Gasteiger partial charge in [-0.2, -0.15) is 0 Å². The number of aromatic nitrogens is 1. The summed E-state index contributed by atoms with van der Waals surface area (Å²) in [4.78, 5) is 49.3. The van der Waals surface area contributed by atoms with E-state index >= 15 is 0 Å². The van der Waals surface area contributed by atoms with E-state index in [1.807, 2.05) is 6.92 Å². The Bertz CT molecular complexity index is 1470. The molecule has 206 valence electrons. The van der Waals surface area contributed by atoms with Crippen molar-refractivity contribution in [3.8, 4) is 5.75 Å². The first-order valence-electron chi connectivity index (χ1n) is 12.8. The molecule has 2 aromatic rings. The van der Waals surface area contributed by atoms with Crippen molar-refractivity contribution < 1.29 is 32.7 Å². The maximum Gasteiger partial charge on any atom is 0.274 e. The predicted molar refractivity (Wildman–Crippen MR) is 131 cm³/mol. The second-order valence-electron chi connectivity index (χ2n) is 10.5. The maximum atomic E-state index is 14.1. The van der Waals surface area contributed by atoms with E-state index in [0.717, 1.165) is 25.3 Å². The molecule has 4 aliphatic rings. The molecule has 1 aromatic carbocycles. The summed E-state index contributed by atoms with van der Waals surface area (Å²) in [5.74, 6) is -5.18. The van der Waals surface area contributed by atoms with E-state index in [4.69, 9.17) is 4.84 Å². The summed E-state index contributed by atoms with van der Waals surface area (Å²) in [7, 11) is 0. The molecule has 0 saturated carbocycles.